The Hall–Kier alpha value is 0.0119. The first-order valence-corrected chi connectivity index (χ1v) is 3.44. The second-order valence-corrected chi connectivity index (χ2v) is 2.28. The van der Waals surface area contributed by atoms with E-state index in [1.165, 1.54) is 11.1 Å². The van der Waals surface area contributed by atoms with Gasteiger partial charge in [-0.3, -0.25) is 0 Å². The van der Waals surface area contributed by atoms with Crippen molar-refractivity contribution in [2.75, 3.05) is 0 Å². The standard InChI is InChI=1S/C10H11.U/c1-3-6-10-8-5-4-7-9(10)2;/h3,5-8H,1-2H3;/q-1;/b6-3+;. The Kier molecular flexibility index (Phi) is 5.64. The van der Waals surface area contributed by atoms with E-state index < -0.39 is 0 Å². The zero-order valence-electron chi connectivity index (χ0n) is 6.89. The van der Waals surface area contributed by atoms with Crippen molar-refractivity contribution in [3.63, 3.8) is 0 Å². The van der Waals surface area contributed by atoms with Crippen LogP contribution in [0.15, 0.2) is 24.3 Å². The fraction of sp³-hybridized carbons (Fsp3) is 0.200. The summed E-state index contributed by atoms with van der Waals surface area (Å²) in [4.78, 5) is 0. The summed E-state index contributed by atoms with van der Waals surface area (Å²) in [5.74, 6) is 0. The minimum Gasteiger partial charge on any atom is -0.184 e. The fourth-order valence-electron chi connectivity index (χ4n) is 0.892. The first-order valence-electron chi connectivity index (χ1n) is 3.44. The third-order valence-electron chi connectivity index (χ3n) is 1.46. The molecule has 0 aliphatic heterocycles. The molecule has 0 saturated carbocycles. The SMILES string of the molecule is C/C=C/c1cc[c-]cc1C.[U]. The molecule has 0 saturated heterocycles. The van der Waals surface area contributed by atoms with Crippen molar-refractivity contribution in [3.05, 3.63) is 41.5 Å². The maximum Gasteiger partial charge on any atom is 0 e. The number of benzene rings is 1. The zero-order valence-corrected chi connectivity index (χ0v) is 11.1. The van der Waals surface area contributed by atoms with Gasteiger partial charge in [0.15, 0.2) is 0 Å². The number of allylic oxidation sites excluding steroid dienone is 1. The first kappa shape index (κ1) is 11.0. The van der Waals surface area contributed by atoms with E-state index in [-0.39, 0.29) is 31.1 Å². The van der Waals surface area contributed by atoms with Gasteiger partial charge in [-0.05, 0) is 6.92 Å². The third kappa shape index (κ3) is 3.27. The van der Waals surface area contributed by atoms with Crippen LogP contribution in [0.1, 0.15) is 18.1 Å². The van der Waals surface area contributed by atoms with E-state index in [0.717, 1.165) is 0 Å². The molecule has 0 nitrogen and oxygen atoms in total. The van der Waals surface area contributed by atoms with Gasteiger partial charge in [0.2, 0.25) is 0 Å². The summed E-state index contributed by atoms with van der Waals surface area (Å²) >= 11 is 0. The van der Waals surface area contributed by atoms with Gasteiger partial charge in [-0.2, -0.15) is 29.8 Å². The second-order valence-electron chi connectivity index (χ2n) is 2.28. The van der Waals surface area contributed by atoms with E-state index >= 15 is 0 Å². The Morgan fingerprint density at radius 2 is 2.18 bits per heavy atom. The minimum atomic E-state index is 0. The van der Waals surface area contributed by atoms with Crippen molar-refractivity contribution >= 4 is 6.08 Å². The number of hydrogen-bond donors (Lipinski definition) is 0. The van der Waals surface area contributed by atoms with E-state index in [1.54, 1.807) is 0 Å². The summed E-state index contributed by atoms with van der Waals surface area (Å²) in [7, 11) is 0. The van der Waals surface area contributed by atoms with Gasteiger partial charge in [0.1, 0.15) is 0 Å². The van der Waals surface area contributed by atoms with Crippen LogP contribution >= 0.6 is 0 Å². The maximum atomic E-state index is 3.03. The smallest absolute Gasteiger partial charge is 0 e. The molecule has 0 aromatic heterocycles. The van der Waals surface area contributed by atoms with Gasteiger partial charge >= 0.3 is 0 Å². The van der Waals surface area contributed by atoms with Crippen LogP contribution in [-0.2, 0) is 0 Å². The molecule has 0 bridgehead atoms. The summed E-state index contributed by atoms with van der Waals surface area (Å²) in [6.45, 7) is 4.11. The second kappa shape index (κ2) is 5.64. The van der Waals surface area contributed by atoms with Gasteiger partial charge in [0, 0.05) is 31.1 Å². The van der Waals surface area contributed by atoms with Gasteiger partial charge in [-0.1, -0.05) is 19.1 Å². The van der Waals surface area contributed by atoms with Gasteiger partial charge < -0.3 is 0 Å². The van der Waals surface area contributed by atoms with Crippen molar-refractivity contribution in [1.82, 2.24) is 0 Å². The summed E-state index contributed by atoms with van der Waals surface area (Å²) in [6.07, 6.45) is 4.14. The average Bonchev–Trinajstić information content (AvgIpc) is 1.94. The molecular weight excluding hydrogens is 358 g/mol. The fourth-order valence-corrected chi connectivity index (χ4v) is 0.892. The molecule has 0 aliphatic carbocycles. The molecule has 0 N–H and O–H groups in total. The van der Waals surface area contributed by atoms with Crippen molar-refractivity contribution in [2.45, 2.75) is 13.8 Å². The van der Waals surface area contributed by atoms with E-state index in [2.05, 4.69) is 25.1 Å². The normalized spacial score (nSPS) is 9.64. The molecule has 0 fully saturated rings. The Morgan fingerprint density at radius 3 is 2.73 bits per heavy atom. The van der Waals surface area contributed by atoms with Crippen LogP contribution in [-0.4, -0.2) is 0 Å². The topological polar surface area (TPSA) is 0 Å². The van der Waals surface area contributed by atoms with E-state index in [1.807, 2.05) is 25.1 Å². The molecule has 0 amide bonds. The van der Waals surface area contributed by atoms with Crippen LogP contribution in [0.5, 0.6) is 0 Å². The van der Waals surface area contributed by atoms with Crippen molar-refractivity contribution in [1.29, 1.82) is 0 Å². The third-order valence-corrected chi connectivity index (χ3v) is 1.46. The van der Waals surface area contributed by atoms with Gasteiger partial charge in [-0.15, -0.1) is 5.56 Å². The predicted octanol–water partition coefficient (Wildman–Crippen LogP) is 2.83. The largest absolute Gasteiger partial charge is 0.184 e. The molecule has 56 valence electrons. The van der Waals surface area contributed by atoms with Gasteiger partial charge in [0.25, 0.3) is 0 Å². The zero-order chi connectivity index (χ0) is 7.40. The molecule has 0 aliphatic rings. The molecule has 11 heavy (non-hydrogen) atoms. The van der Waals surface area contributed by atoms with E-state index in [0.29, 0.717) is 0 Å². The molecule has 0 radical (unpaired) electrons. The van der Waals surface area contributed by atoms with Crippen molar-refractivity contribution in [2.24, 2.45) is 0 Å². The minimum absolute atomic E-state index is 0. The molecule has 1 aromatic rings. The predicted molar refractivity (Wildman–Crippen MR) is 44.7 cm³/mol. The van der Waals surface area contributed by atoms with Crippen LogP contribution in [0.4, 0.5) is 0 Å². The maximum absolute atomic E-state index is 3.03. The monoisotopic (exact) mass is 369 g/mol. The van der Waals surface area contributed by atoms with E-state index in [4.69, 9.17) is 0 Å². The number of rotatable bonds is 1. The van der Waals surface area contributed by atoms with Crippen molar-refractivity contribution in [3.8, 4) is 0 Å². The first-order chi connectivity index (χ1) is 4.84. The molecule has 0 atom stereocenters. The van der Waals surface area contributed by atoms with Gasteiger partial charge in [-0.25, -0.2) is 0 Å². The van der Waals surface area contributed by atoms with Crippen LogP contribution < -0.4 is 0 Å². The molecule has 0 heterocycles. The van der Waals surface area contributed by atoms with Crippen molar-refractivity contribution < 1.29 is 31.1 Å². The summed E-state index contributed by atoms with van der Waals surface area (Å²) in [6, 6.07) is 9.02. The Labute approximate surface area is 92.1 Å². The summed E-state index contributed by atoms with van der Waals surface area (Å²) in [5.41, 5.74) is 2.56. The van der Waals surface area contributed by atoms with Gasteiger partial charge in [0.05, 0.1) is 0 Å². The average molecular weight is 369 g/mol. The Morgan fingerprint density at radius 1 is 1.45 bits per heavy atom. The Balaban J connectivity index is 0.000001000. The number of aryl methyl sites for hydroxylation is 1. The Bertz CT molecular complexity index is 238. The number of hydrogen-bond acceptors (Lipinski definition) is 0. The molecule has 1 aromatic carbocycles. The van der Waals surface area contributed by atoms with Crippen LogP contribution in [0.25, 0.3) is 6.08 Å². The molecular formula is C10H11U-. The molecule has 1 rings (SSSR count). The molecule has 0 unspecified atom stereocenters. The van der Waals surface area contributed by atoms with Crippen LogP contribution in [0, 0.1) is 44.1 Å². The molecule has 0 spiro atoms. The quantitative estimate of drug-likeness (QED) is 0.668. The molecule has 1 heteroatoms. The van der Waals surface area contributed by atoms with E-state index in [9.17, 15) is 0 Å². The van der Waals surface area contributed by atoms with Crippen LogP contribution in [0.3, 0.4) is 0 Å². The van der Waals surface area contributed by atoms with Crippen LogP contribution in [0.2, 0.25) is 0 Å². The summed E-state index contributed by atoms with van der Waals surface area (Å²) < 4.78 is 0. The summed E-state index contributed by atoms with van der Waals surface area (Å²) in [5, 5.41) is 0.